The van der Waals surface area contributed by atoms with Gasteiger partial charge in [0.25, 0.3) is 0 Å². The number of pyridine rings is 1. The number of carboxylic acids is 1. The number of carboxylic acid groups (broad SMARTS) is 1. The Bertz CT molecular complexity index is 409. The van der Waals surface area contributed by atoms with Crippen LogP contribution in [0.25, 0.3) is 0 Å². The van der Waals surface area contributed by atoms with Gasteiger partial charge in [-0.05, 0) is 13.0 Å². The second-order valence-electron chi connectivity index (χ2n) is 2.69. The molecule has 0 aliphatic carbocycles. The molecule has 94 valence electrons. The van der Waals surface area contributed by atoms with E-state index in [0.29, 0.717) is 6.61 Å². The first-order valence-electron chi connectivity index (χ1n) is 4.56. The predicted octanol–water partition coefficient (Wildman–Crippen LogP) is 2.66. The van der Waals surface area contributed by atoms with Crippen LogP contribution in [0.1, 0.15) is 24.2 Å². The Morgan fingerprint density at radius 2 is 2.06 bits per heavy atom. The summed E-state index contributed by atoms with van der Waals surface area (Å²) in [4.78, 5) is 23.8. The highest BCUT2D eigenvalue weighted by Crippen LogP contribution is 2.22. The molecule has 0 saturated carbocycles. The first-order valence-corrected chi connectivity index (χ1v) is 5.32. The minimum Gasteiger partial charge on any atom is -0.478 e. The summed E-state index contributed by atoms with van der Waals surface area (Å²) in [7, 11) is 0. The van der Waals surface area contributed by atoms with E-state index in [2.05, 4.69) is 9.72 Å². The van der Waals surface area contributed by atoms with Crippen molar-refractivity contribution in [1.82, 2.24) is 4.98 Å². The van der Waals surface area contributed by atoms with E-state index in [1.165, 1.54) is 19.2 Å². The molecule has 0 atom stereocenters. The van der Waals surface area contributed by atoms with Crippen molar-refractivity contribution in [2.45, 2.75) is 13.8 Å². The van der Waals surface area contributed by atoms with Gasteiger partial charge in [-0.25, -0.2) is 9.78 Å². The van der Waals surface area contributed by atoms with Crippen molar-refractivity contribution in [2.24, 2.45) is 0 Å². The molecule has 5 nitrogen and oxygen atoms in total. The van der Waals surface area contributed by atoms with E-state index < -0.39 is 5.97 Å². The number of aromatic nitrogens is 1. The van der Waals surface area contributed by atoms with Gasteiger partial charge < -0.3 is 9.84 Å². The zero-order valence-electron chi connectivity index (χ0n) is 9.24. The fourth-order valence-electron chi connectivity index (χ4n) is 0.787. The second kappa shape index (κ2) is 7.86. The van der Waals surface area contributed by atoms with Gasteiger partial charge in [0.2, 0.25) is 0 Å². The first-order chi connectivity index (χ1) is 7.90. The van der Waals surface area contributed by atoms with Crippen LogP contribution in [0, 0.1) is 0 Å². The van der Waals surface area contributed by atoms with Crippen molar-refractivity contribution in [2.75, 3.05) is 6.61 Å². The number of aromatic carboxylic acids is 1. The molecule has 1 aromatic heterocycles. The molecule has 0 unspecified atom stereocenters. The Labute approximate surface area is 108 Å². The Balaban J connectivity index is 0.000000366. The van der Waals surface area contributed by atoms with Crippen LogP contribution in [0.3, 0.4) is 0 Å². The molecule has 1 N–H and O–H groups in total. The molecule has 1 heterocycles. The lowest BCUT2D eigenvalue weighted by molar-refractivity contribution is -0.140. The molecule has 1 aromatic rings. The maximum absolute atomic E-state index is 10.4. The summed E-state index contributed by atoms with van der Waals surface area (Å²) in [5.41, 5.74) is -0.0355. The van der Waals surface area contributed by atoms with Crippen molar-refractivity contribution in [3.63, 3.8) is 0 Å². The molecule has 7 heteroatoms. The van der Waals surface area contributed by atoms with Gasteiger partial charge in [-0.3, -0.25) is 4.79 Å². The molecule has 0 aromatic carbocycles. The maximum atomic E-state index is 10.4. The number of nitrogens with zero attached hydrogens (tertiary/aromatic N) is 1. The number of rotatable bonds is 2. The number of carbonyl (C=O) groups is 2. The molecule has 0 aliphatic rings. The highest BCUT2D eigenvalue weighted by Gasteiger charge is 2.10. The predicted molar refractivity (Wildman–Crippen MR) is 63.5 cm³/mol. The zero-order chi connectivity index (χ0) is 13.4. The molecular formula is C10H11Cl2NO4. The number of hydrogen-bond donors (Lipinski definition) is 1. The summed E-state index contributed by atoms with van der Waals surface area (Å²) in [5.74, 6) is -1.32. The number of esters is 1. The third-order valence-corrected chi connectivity index (χ3v) is 2.19. The Morgan fingerprint density at radius 1 is 1.47 bits per heavy atom. The minimum atomic E-state index is -1.11. The van der Waals surface area contributed by atoms with Crippen LogP contribution in [0.4, 0.5) is 0 Å². The molecule has 0 amide bonds. The van der Waals surface area contributed by atoms with Crippen LogP contribution < -0.4 is 0 Å². The summed E-state index contributed by atoms with van der Waals surface area (Å²) < 4.78 is 4.40. The number of ether oxygens (including phenoxy) is 1. The molecule has 0 fully saturated rings. The lowest BCUT2D eigenvalue weighted by atomic mass is 10.3. The normalized spacial score (nSPS) is 8.94. The maximum Gasteiger partial charge on any atom is 0.337 e. The first kappa shape index (κ1) is 15.7. The van der Waals surface area contributed by atoms with E-state index >= 15 is 0 Å². The Kier molecular flexibility index (Phi) is 7.25. The molecule has 0 radical (unpaired) electrons. The van der Waals surface area contributed by atoms with Gasteiger partial charge >= 0.3 is 11.9 Å². The van der Waals surface area contributed by atoms with E-state index in [1.54, 1.807) is 6.92 Å². The van der Waals surface area contributed by atoms with E-state index in [4.69, 9.17) is 28.3 Å². The summed E-state index contributed by atoms with van der Waals surface area (Å²) >= 11 is 11.0. The largest absolute Gasteiger partial charge is 0.478 e. The van der Waals surface area contributed by atoms with Gasteiger partial charge in [0.15, 0.2) is 0 Å². The van der Waals surface area contributed by atoms with Crippen molar-refractivity contribution < 1.29 is 19.4 Å². The van der Waals surface area contributed by atoms with Crippen molar-refractivity contribution in [3.05, 3.63) is 28.0 Å². The highest BCUT2D eigenvalue weighted by molar-refractivity contribution is 6.42. The van der Waals surface area contributed by atoms with E-state index in [9.17, 15) is 9.59 Å². The average Bonchev–Trinajstić information content (AvgIpc) is 2.22. The van der Waals surface area contributed by atoms with Gasteiger partial charge in [0, 0.05) is 13.1 Å². The highest BCUT2D eigenvalue weighted by atomic mass is 35.5. The summed E-state index contributed by atoms with van der Waals surface area (Å²) in [6.45, 7) is 3.65. The zero-order valence-corrected chi connectivity index (χ0v) is 10.7. The third-order valence-electron chi connectivity index (χ3n) is 1.42. The van der Waals surface area contributed by atoms with Crippen LogP contribution in [-0.2, 0) is 9.53 Å². The SMILES string of the molecule is CCOC(C)=O.O=C(O)c1ccnc(Cl)c1Cl. The van der Waals surface area contributed by atoms with Gasteiger partial charge in [-0.1, -0.05) is 23.2 Å². The molecule has 17 heavy (non-hydrogen) atoms. The lowest BCUT2D eigenvalue weighted by Crippen LogP contribution is -1.97. The standard InChI is InChI=1S/C6H3Cl2NO2.C4H8O2/c7-4-3(6(10)11)1-2-9-5(4)8;1-3-6-4(2)5/h1-2H,(H,10,11);3H2,1-2H3. The Morgan fingerprint density at radius 3 is 2.35 bits per heavy atom. The smallest absolute Gasteiger partial charge is 0.337 e. The summed E-state index contributed by atoms with van der Waals surface area (Å²) in [6, 6.07) is 1.29. The van der Waals surface area contributed by atoms with Gasteiger partial charge in [-0.15, -0.1) is 0 Å². The van der Waals surface area contributed by atoms with Crippen LogP contribution >= 0.6 is 23.2 Å². The van der Waals surface area contributed by atoms with Crippen LogP contribution in [0.5, 0.6) is 0 Å². The fraction of sp³-hybridized carbons (Fsp3) is 0.300. The summed E-state index contributed by atoms with van der Waals surface area (Å²) in [5, 5.41) is 8.50. The summed E-state index contributed by atoms with van der Waals surface area (Å²) in [6.07, 6.45) is 1.29. The molecule has 0 bridgehead atoms. The average molecular weight is 280 g/mol. The monoisotopic (exact) mass is 279 g/mol. The van der Waals surface area contributed by atoms with E-state index in [-0.39, 0.29) is 21.7 Å². The van der Waals surface area contributed by atoms with Crippen LogP contribution in [0.2, 0.25) is 10.2 Å². The Hall–Kier alpha value is -1.33. The van der Waals surface area contributed by atoms with Crippen molar-refractivity contribution in [3.8, 4) is 0 Å². The second-order valence-corrected chi connectivity index (χ2v) is 3.43. The quantitative estimate of drug-likeness (QED) is 0.665. The van der Waals surface area contributed by atoms with E-state index in [0.717, 1.165) is 0 Å². The minimum absolute atomic E-state index is 0.00608. The third kappa shape index (κ3) is 6.09. The van der Waals surface area contributed by atoms with Crippen LogP contribution in [-0.4, -0.2) is 28.6 Å². The van der Waals surface area contributed by atoms with Crippen molar-refractivity contribution >= 4 is 35.1 Å². The topological polar surface area (TPSA) is 76.5 Å². The lowest BCUT2D eigenvalue weighted by Gasteiger charge is -1.97. The van der Waals surface area contributed by atoms with E-state index in [1.807, 2.05) is 0 Å². The number of halogens is 2. The van der Waals surface area contributed by atoms with Crippen molar-refractivity contribution in [1.29, 1.82) is 0 Å². The molecule has 0 saturated heterocycles. The van der Waals surface area contributed by atoms with Gasteiger partial charge in [-0.2, -0.15) is 0 Å². The molecule has 0 aliphatic heterocycles. The molecular weight excluding hydrogens is 269 g/mol. The fourth-order valence-corrected chi connectivity index (χ4v) is 1.14. The van der Waals surface area contributed by atoms with Crippen LogP contribution in [0.15, 0.2) is 12.3 Å². The number of carbonyl (C=O) groups excluding carboxylic acids is 1. The van der Waals surface area contributed by atoms with Gasteiger partial charge in [0.05, 0.1) is 17.2 Å². The van der Waals surface area contributed by atoms with Gasteiger partial charge in [0.1, 0.15) is 5.15 Å². The molecule has 0 spiro atoms. The number of hydrogen-bond acceptors (Lipinski definition) is 4. The molecule has 1 rings (SSSR count).